The summed E-state index contributed by atoms with van der Waals surface area (Å²) in [7, 11) is -1.80. The van der Waals surface area contributed by atoms with E-state index < -0.39 is 93.2 Å². The molecule has 0 aliphatic carbocycles. The molecule has 0 amide bonds. The van der Waals surface area contributed by atoms with E-state index in [0.29, 0.717) is 0 Å². The number of ether oxygens (including phenoxy) is 5. The second-order valence-electron chi connectivity index (χ2n) is 11.4. The quantitative estimate of drug-likeness (QED) is 0.1000. The molecule has 0 aromatic carbocycles. The van der Waals surface area contributed by atoms with E-state index in [1.165, 1.54) is 27.1 Å². The van der Waals surface area contributed by atoms with Gasteiger partial charge in [-0.3, -0.25) is 23.5 Å². The van der Waals surface area contributed by atoms with Gasteiger partial charge in [0.1, 0.15) is 51.9 Å². The van der Waals surface area contributed by atoms with Crippen LogP contribution in [-0.2, 0) is 38.1 Å². The van der Waals surface area contributed by atoms with E-state index in [0.717, 1.165) is 15.5 Å². The fraction of sp³-hybridized carbons (Fsp3) is 0.640. The number of hydrogen-bond donors (Lipinski definition) is 5. The summed E-state index contributed by atoms with van der Waals surface area (Å²) in [6.45, 7) is 8.85. The van der Waals surface area contributed by atoms with E-state index in [2.05, 4.69) is 24.9 Å². The fourth-order valence-corrected chi connectivity index (χ4v) is 5.26. The van der Waals surface area contributed by atoms with Gasteiger partial charge < -0.3 is 49.7 Å². The molecule has 2 aromatic rings. The lowest BCUT2D eigenvalue weighted by Crippen LogP contribution is -2.42. The number of hydrogen-bond acceptors (Lipinski definition) is 19. The molecule has 0 spiro atoms. The van der Waals surface area contributed by atoms with E-state index in [1.807, 2.05) is 19.6 Å². The lowest BCUT2D eigenvalue weighted by Gasteiger charge is -2.24. The van der Waals surface area contributed by atoms with Crippen LogP contribution < -0.4 is 22.1 Å². The third-order valence-electron chi connectivity index (χ3n) is 6.37. The minimum Gasteiger partial charge on any atom is -0.463 e. The van der Waals surface area contributed by atoms with Crippen LogP contribution in [-0.4, -0.2) is 120 Å². The smallest absolute Gasteiger partial charge is 0.354 e. The van der Waals surface area contributed by atoms with Gasteiger partial charge in [0, 0.05) is 20.8 Å². The Kier molecular flexibility index (Phi) is 12.2. The molecule has 2 aromatic heterocycles. The Bertz CT molecular complexity index is 1550. The van der Waals surface area contributed by atoms with Gasteiger partial charge in [-0.25, -0.2) is 19.6 Å². The Morgan fingerprint density at radius 3 is 1.94 bits per heavy atom. The maximum atomic E-state index is 12.6. The summed E-state index contributed by atoms with van der Waals surface area (Å²) in [4.78, 5) is 76.6. The van der Waals surface area contributed by atoms with Crippen molar-refractivity contribution in [3.63, 3.8) is 0 Å². The minimum absolute atomic E-state index is 0.172. The molecule has 0 bridgehead atoms. The lowest BCUT2D eigenvalue weighted by molar-refractivity contribution is -0.166. The average Bonchev–Trinajstić information content (AvgIpc) is 3.42. The summed E-state index contributed by atoms with van der Waals surface area (Å²) in [6, 6.07) is 0. The number of aliphatic hydroxyl groups is 3. The number of nitrogens with one attached hydrogen (secondary N) is 1. The van der Waals surface area contributed by atoms with Gasteiger partial charge in [0.25, 0.3) is 0 Å². The monoisotopic (exact) mass is 686 g/mol. The van der Waals surface area contributed by atoms with Crippen LogP contribution in [0.5, 0.6) is 0 Å². The maximum Gasteiger partial charge on any atom is 0.354 e. The van der Waals surface area contributed by atoms with Gasteiger partial charge in [0.15, 0.2) is 24.7 Å². The van der Waals surface area contributed by atoms with Crippen LogP contribution in [0.3, 0.4) is 0 Å². The first-order valence-electron chi connectivity index (χ1n) is 14.1. The van der Waals surface area contributed by atoms with Crippen molar-refractivity contribution in [3.05, 3.63) is 33.6 Å². The van der Waals surface area contributed by atoms with Crippen molar-refractivity contribution in [1.82, 2.24) is 29.1 Å². The van der Waals surface area contributed by atoms with Crippen molar-refractivity contribution >= 4 is 38.0 Å². The summed E-state index contributed by atoms with van der Waals surface area (Å²) >= 11 is 0. The molecule has 2 saturated heterocycles. The lowest BCUT2D eigenvalue weighted by atomic mass is 10.1. The summed E-state index contributed by atoms with van der Waals surface area (Å²) in [5, 5.41) is 28.1. The highest BCUT2D eigenvalue weighted by atomic mass is 28.3. The molecule has 260 valence electrons. The van der Waals surface area contributed by atoms with Gasteiger partial charge in [0.05, 0.1) is 6.61 Å². The number of esters is 3. The van der Waals surface area contributed by atoms with Crippen LogP contribution in [0, 0.1) is 0 Å². The number of aliphatic hydroxyl groups excluding tert-OH is 3. The van der Waals surface area contributed by atoms with E-state index in [-0.39, 0.29) is 18.5 Å². The number of nitrogens with two attached hydrogens (primary N) is 1. The SMILES string of the molecule is CC(=O)OC[C@H]1O[C@@H](n2cnc(N[Si](C)(C)C)nc2=O)C(OC(C)=O)[C@H]1OC(C)=O.Nc1ncn([C@@H]2O[C@H](CO)[C@H](O)C2O)c(=O)n1. The predicted octanol–water partition coefficient (Wildman–Crippen LogP) is -2.96. The van der Waals surface area contributed by atoms with Crippen LogP contribution in [0.25, 0.3) is 0 Å². The van der Waals surface area contributed by atoms with Gasteiger partial charge in [-0.1, -0.05) is 19.6 Å². The summed E-state index contributed by atoms with van der Waals surface area (Å²) in [6.07, 6.45) is -6.91. The van der Waals surface area contributed by atoms with Gasteiger partial charge in [-0.05, 0) is 0 Å². The first kappa shape index (κ1) is 37.1. The molecule has 8 atom stereocenters. The van der Waals surface area contributed by atoms with Crippen LogP contribution in [0.4, 0.5) is 11.9 Å². The minimum atomic E-state index is -1.80. The number of aromatic nitrogens is 6. The number of carbonyl (C=O) groups excluding carboxylic acids is 3. The highest BCUT2D eigenvalue weighted by molar-refractivity contribution is 6.79. The third kappa shape index (κ3) is 9.82. The molecule has 4 rings (SSSR count). The summed E-state index contributed by atoms with van der Waals surface area (Å²) in [5.41, 5.74) is 3.75. The molecule has 2 aliphatic heterocycles. The molecule has 47 heavy (non-hydrogen) atoms. The molecule has 2 unspecified atom stereocenters. The highest BCUT2D eigenvalue weighted by Gasteiger charge is 2.51. The molecule has 2 fully saturated rings. The molecular weight excluding hydrogens is 648 g/mol. The van der Waals surface area contributed by atoms with E-state index in [4.69, 9.17) is 34.5 Å². The predicted molar refractivity (Wildman–Crippen MR) is 159 cm³/mol. The fourth-order valence-electron chi connectivity index (χ4n) is 4.47. The van der Waals surface area contributed by atoms with Gasteiger partial charge in [-0.15, -0.1) is 0 Å². The molecule has 0 radical (unpaired) electrons. The molecular formula is C25H38N8O13Si. The number of anilines is 2. The van der Waals surface area contributed by atoms with Crippen LogP contribution in [0.2, 0.25) is 19.6 Å². The topological polar surface area (TPSA) is 292 Å². The molecule has 2 aliphatic rings. The molecule has 6 N–H and O–H groups in total. The Morgan fingerprint density at radius 2 is 1.43 bits per heavy atom. The summed E-state index contributed by atoms with van der Waals surface area (Å²) < 4.78 is 28.4. The highest BCUT2D eigenvalue weighted by Crippen LogP contribution is 2.33. The molecule has 4 heterocycles. The Morgan fingerprint density at radius 1 is 0.872 bits per heavy atom. The average molecular weight is 687 g/mol. The van der Waals surface area contributed by atoms with Crippen molar-refractivity contribution in [2.45, 2.75) is 89.5 Å². The van der Waals surface area contributed by atoms with Crippen LogP contribution in [0.1, 0.15) is 33.2 Å². The normalized spacial score (nSPS) is 26.9. The maximum absolute atomic E-state index is 12.6. The van der Waals surface area contributed by atoms with Crippen molar-refractivity contribution < 1.29 is 53.4 Å². The molecule has 21 nitrogen and oxygen atoms in total. The number of rotatable bonds is 9. The van der Waals surface area contributed by atoms with Crippen molar-refractivity contribution in [2.75, 3.05) is 23.9 Å². The van der Waals surface area contributed by atoms with Crippen LogP contribution >= 0.6 is 0 Å². The number of nitrogens with zero attached hydrogens (tertiary/aromatic N) is 6. The zero-order valence-corrected chi connectivity index (χ0v) is 27.4. The molecule has 0 saturated carbocycles. The largest absolute Gasteiger partial charge is 0.463 e. The number of nitrogen functional groups attached to an aromatic ring is 1. The Hall–Kier alpha value is -4.35. The summed E-state index contributed by atoms with van der Waals surface area (Å²) in [5.74, 6) is -1.93. The van der Waals surface area contributed by atoms with E-state index in [1.54, 1.807) is 0 Å². The molecule has 22 heteroatoms. The van der Waals surface area contributed by atoms with Gasteiger partial charge in [-0.2, -0.15) is 9.97 Å². The first-order chi connectivity index (χ1) is 21.9. The standard InChI is InChI=1S/C17H26N4O8Si.C8H12N4O5/c1-9(22)26-7-12-13(27-10(2)23)14(28-11(3)24)15(29-12)21-8-18-16(19-17(21)25)20-30(4,5)6;9-7-10-2-12(8(16)11-7)6-5(15)4(14)3(1-13)17-6/h8,12-15H,7H2,1-6H3,(H,19,20,25);2-6,13-15H,1H2,(H2,9,11,16)/t12-,13+,14?,15-;3-,4+,5?,6-/m11/s1. The second-order valence-corrected chi connectivity index (χ2v) is 16.1. The zero-order chi connectivity index (χ0) is 35.2. The van der Waals surface area contributed by atoms with Crippen molar-refractivity contribution in [2.24, 2.45) is 0 Å². The first-order valence-corrected chi connectivity index (χ1v) is 17.6. The van der Waals surface area contributed by atoms with Gasteiger partial charge in [0.2, 0.25) is 11.9 Å². The van der Waals surface area contributed by atoms with Crippen molar-refractivity contribution in [3.8, 4) is 0 Å². The Labute approximate surface area is 267 Å². The van der Waals surface area contributed by atoms with E-state index >= 15 is 0 Å². The number of carbonyl (C=O) groups is 3. The van der Waals surface area contributed by atoms with Gasteiger partial charge >= 0.3 is 29.3 Å². The zero-order valence-electron chi connectivity index (χ0n) is 26.4. The van der Waals surface area contributed by atoms with E-state index in [9.17, 15) is 34.2 Å². The van der Waals surface area contributed by atoms with Crippen molar-refractivity contribution in [1.29, 1.82) is 0 Å². The second kappa shape index (κ2) is 15.5. The third-order valence-corrected chi connectivity index (χ3v) is 7.34. The van der Waals surface area contributed by atoms with Crippen LogP contribution in [0.15, 0.2) is 22.2 Å². The Balaban J connectivity index is 0.000000297.